The van der Waals surface area contributed by atoms with E-state index in [-0.39, 0.29) is 5.69 Å². The molecule has 1 aromatic carbocycles. The summed E-state index contributed by atoms with van der Waals surface area (Å²) in [6, 6.07) is 7.52. The zero-order valence-electron chi connectivity index (χ0n) is 11.6. The maximum absolute atomic E-state index is 10.6. The summed E-state index contributed by atoms with van der Waals surface area (Å²) < 4.78 is 5.62. The molecule has 0 saturated carbocycles. The van der Waals surface area contributed by atoms with Crippen LogP contribution in [0.5, 0.6) is 11.6 Å². The van der Waals surface area contributed by atoms with Gasteiger partial charge in [-0.1, -0.05) is 11.8 Å². The minimum atomic E-state index is -0.455. The summed E-state index contributed by atoms with van der Waals surface area (Å²) in [5, 5.41) is 14.3. The number of nitrogens with zero attached hydrogens (tertiary/aromatic N) is 3. The molecule has 2 rings (SSSR count). The van der Waals surface area contributed by atoms with Crippen LogP contribution in [0.4, 0.5) is 11.5 Å². The van der Waals surface area contributed by atoms with Gasteiger partial charge in [0.15, 0.2) is 5.16 Å². The number of hydrogen-bond donors (Lipinski definition) is 1. The summed E-state index contributed by atoms with van der Waals surface area (Å²) in [5.41, 5.74) is 0.0168. The quantitative estimate of drug-likeness (QED) is 0.379. The molecule has 0 saturated heterocycles. The minimum Gasteiger partial charge on any atom is -0.439 e. The molecule has 0 bridgehead atoms. The Balaban J connectivity index is 2.21. The van der Waals surface area contributed by atoms with Crippen LogP contribution in [0.2, 0.25) is 0 Å². The van der Waals surface area contributed by atoms with Crippen molar-refractivity contribution in [2.75, 3.05) is 18.1 Å². The summed E-state index contributed by atoms with van der Waals surface area (Å²) in [5.74, 6) is 1.54. The third-order valence-electron chi connectivity index (χ3n) is 2.49. The number of thioether (sulfide) groups is 1. The fourth-order valence-corrected chi connectivity index (χ4v) is 1.95. The number of benzene rings is 1. The van der Waals surface area contributed by atoms with E-state index >= 15 is 0 Å². The highest BCUT2D eigenvalue weighted by molar-refractivity contribution is 7.98. The Morgan fingerprint density at radius 1 is 1.33 bits per heavy atom. The second-order valence-electron chi connectivity index (χ2n) is 3.96. The lowest BCUT2D eigenvalue weighted by molar-refractivity contribution is -0.384. The summed E-state index contributed by atoms with van der Waals surface area (Å²) in [7, 11) is 0. The fraction of sp³-hybridized carbons (Fsp3) is 0.231. The van der Waals surface area contributed by atoms with Crippen molar-refractivity contribution in [2.24, 2.45) is 0 Å². The number of nitrogens with one attached hydrogen (secondary N) is 1. The first-order valence-electron chi connectivity index (χ1n) is 6.21. The number of ether oxygens (including phenoxy) is 1. The lowest BCUT2D eigenvalue weighted by Crippen LogP contribution is -2.02. The van der Waals surface area contributed by atoms with Crippen molar-refractivity contribution >= 4 is 23.3 Å². The van der Waals surface area contributed by atoms with Crippen molar-refractivity contribution in [3.05, 3.63) is 40.4 Å². The predicted molar refractivity (Wildman–Crippen MR) is 81.1 cm³/mol. The van der Waals surface area contributed by atoms with E-state index in [4.69, 9.17) is 4.74 Å². The smallest absolute Gasteiger partial charge is 0.269 e. The van der Waals surface area contributed by atoms with Crippen molar-refractivity contribution in [2.45, 2.75) is 12.1 Å². The van der Waals surface area contributed by atoms with Gasteiger partial charge >= 0.3 is 0 Å². The van der Waals surface area contributed by atoms with Crippen molar-refractivity contribution < 1.29 is 9.66 Å². The molecule has 0 aliphatic heterocycles. The Bertz CT molecular complexity index is 634. The molecular formula is C13H14N4O3S. The van der Waals surface area contributed by atoms with Crippen molar-refractivity contribution in [3.63, 3.8) is 0 Å². The Hall–Kier alpha value is -2.35. The normalized spacial score (nSPS) is 10.2. The maximum Gasteiger partial charge on any atom is 0.269 e. The van der Waals surface area contributed by atoms with E-state index in [0.717, 1.165) is 6.54 Å². The SMILES string of the molecule is CCNc1cc(Oc2ccc([N+](=O)[O-])cc2)nc(SC)n1. The van der Waals surface area contributed by atoms with Gasteiger partial charge in [0.1, 0.15) is 11.6 Å². The average molecular weight is 306 g/mol. The zero-order chi connectivity index (χ0) is 15.2. The number of rotatable bonds is 6. The van der Waals surface area contributed by atoms with E-state index in [0.29, 0.717) is 22.6 Å². The number of nitro groups is 1. The van der Waals surface area contributed by atoms with Crippen molar-refractivity contribution in [1.29, 1.82) is 0 Å². The zero-order valence-corrected chi connectivity index (χ0v) is 12.4. The molecule has 0 aliphatic rings. The Morgan fingerprint density at radius 3 is 2.62 bits per heavy atom. The standard InChI is InChI=1S/C13H14N4O3S/c1-3-14-11-8-12(16-13(15-11)21-2)20-10-6-4-9(5-7-10)17(18)19/h4-8H,3H2,1-2H3,(H,14,15,16). The van der Waals surface area contributed by atoms with Crippen LogP contribution in [-0.2, 0) is 0 Å². The number of aromatic nitrogens is 2. The molecule has 0 unspecified atom stereocenters. The minimum absolute atomic E-state index is 0.0168. The Morgan fingerprint density at radius 2 is 2.05 bits per heavy atom. The largest absolute Gasteiger partial charge is 0.439 e. The molecule has 0 aliphatic carbocycles. The molecule has 1 heterocycles. The monoisotopic (exact) mass is 306 g/mol. The van der Waals surface area contributed by atoms with Crippen LogP contribution < -0.4 is 10.1 Å². The van der Waals surface area contributed by atoms with Crippen LogP contribution >= 0.6 is 11.8 Å². The third kappa shape index (κ3) is 4.06. The molecule has 0 radical (unpaired) electrons. The van der Waals surface area contributed by atoms with E-state index in [2.05, 4.69) is 15.3 Å². The van der Waals surface area contributed by atoms with Gasteiger partial charge in [-0.3, -0.25) is 10.1 Å². The molecule has 0 spiro atoms. The van der Waals surface area contributed by atoms with Crippen molar-refractivity contribution in [1.82, 2.24) is 9.97 Å². The molecule has 8 heteroatoms. The number of anilines is 1. The van der Waals surface area contributed by atoms with Gasteiger partial charge < -0.3 is 10.1 Å². The molecule has 0 fully saturated rings. The number of hydrogen-bond acceptors (Lipinski definition) is 7. The first-order chi connectivity index (χ1) is 10.1. The average Bonchev–Trinajstić information content (AvgIpc) is 2.48. The highest BCUT2D eigenvalue weighted by atomic mass is 32.2. The number of non-ortho nitro benzene ring substituents is 1. The van der Waals surface area contributed by atoms with Gasteiger partial charge in [0.2, 0.25) is 5.88 Å². The molecule has 2 aromatic rings. The predicted octanol–water partition coefficient (Wildman–Crippen LogP) is 3.33. The van der Waals surface area contributed by atoms with Crippen LogP contribution in [0.15, 0.2) is 35.5 Å². The molecule has 0 atom stereocenters. The van der Waals surface area contributed by atoms with Crippen LogP contribution in [0.25, 0.3) is 0 Å². The second-order valence-corrected chi connectivity index (χ2v) is 4.73. The second kappa shape index (κ2) is 6.89. The van der Waals surface area contributed by atoms with Gasteiger partial charge in [0, 0.05) is 24.7 Å². The van der Waals surface area contributed by atoms with Gasteiger partial charge in [-0.15, -0.1) is 0 Å². The molecule has 110 valence electrons. The summed E-state index contributed by atoms with van der Waals surface area (Å²) in [6.07, 6.45) is 1.88. The van der Waals surface area contributed by atoms with Gasteiger partial charge in [-0.05, 0) is 25.3 Å². The molecule has 21 heavy (non-hydrogen) atoms. The molecule has 1 aromatic heterocycles. The van der Waals surface area contributed by atoms with Crippen LogP contribution in [-0.4, -0.2) is 27.7 Å². The van der Waals surface area contributed by atoms with Gasteiger partial charge in [0.25, 0.3) is 5.69 Å². The molecule has 0 amide bonds. The highest BCUT2D eigenvalue weighted by Gasteiger charge is 2.08. The van der Waals surface area contributed by atoms with Gasteiger partial charge in [-0.2, -0.15) is 4.98 Å². The number of nitro benzene ring substituents is 1. The summed E-state index contributed by atoms with van der Waals surface area (Å²) in [4.78, 5) is 18.7. The van der Waals surface area contributed by atoms with Crippen LogP contribution in [0.1, 0.15) is 6.92 Å². The maximum atomic E-state index is 10.6. The Kier molecular flexibility index (Phi) is 4.94. The van der Waals surface area contributed by atoms with Gasteiger partial charge in [-0.25, -0.2) is 4.98 Å². The fourth-order valence-electron chi connectivity index (χ4n) is 1.58. The van der Waals surface area contributed by atoms with Crippen LogP contribution in [0.3, 0.4) is 0 Å². The molecule has 1 N–H and O–H groups in total. The van der Waals surface area contributed by atoms with E-state index in [9.17, 15) is 10.1 Å². The van der Waals surface area contributed by atoms with E-state index in [1.54, 1.807) is 6.07 Å². The summed E-state index contributed by atoms with van der Waals surface area (Å²) >= 11 is 1.41. The third-order valence-corrected chi connectivity index (χ3v) is 3.04. The van der Waals surface area contributed by atoms with E-state index in [1.165, 1.54) is 36.0 Å². The Labute approximate surface area is 125 Å². The summed E-state index contributed by atoms with van der Waals surface area (Å²) in [6.45, 7) is 2.71. The first kappa shape index (κ1) is 15.0. The van der Waals surface area contributed by atoms with Crippen molar-refractivity contribution in [3.8, 4) is 11.6 Å². The van der Waals surface area contributed by atoms with E-state index in [1.807, 2.05) is 13.2 Å². The van der Waals surface area contributed by atoms with Gasteiger partial charge in [0.05, 0.1) is 4.92 Å². The van der Waals surface area contributed by atoms with Crippen LogP contribution in [0, 0.1) is 10.1 Å². The lowest BCUT2D eigenvalue weighted by Gasteiger charge is -2.08. The lowest BCUT2D eigenvalue weighted by atomic mass is 10.3. The van der Waals surface area contributed by atoms with E-state index < -0.39 is 4.92 Å². The highest BCUT2D eigenvalue weighted by Crippen LogP contribution is 2.25. The molecular weight excluding hydrogens is 292 g/mol. The first-order valence-corrected chi connectivity index (χ1v) is 7.44. The molecule has 7 nitrogen and oxygen atoms in total. The topological polar surface area (TPSA) is 90.2 Å².